The molecule has 4 rings (SSSR count). The van der Waals surface area contributed by atoms with Crippen LogP contribution in [0.1, 0.15) is 42.1 Å². The predicted molar refractivity (Wildman–Crippen MR) is 97.8 cm³/mol. The lowest BCUT2D eigenvalue weighted by atomic mass is 9.92. The lowest BCUT2D eigenvalue weighted by Crippen LogP contribution is -2.47. The first-order chi connectivity index (χ1) is 12.4. The first-order valence-corrected chi connectivity index (χ1v) is 8.79. The van der Waals surface area contributed by atoms with E-state index >= 15 is 0 Å². The highest BCUT2D eigenvalue weighted by Crippen LogP contribution is 2.32. The summed E-state index contributed by atoms with van der Waals surface area (Å²) < 4.78 is 0. The van der Waals surface area contributed by atoms with Crippen LogP contribution in [0.25, 0.3) is 5.70 Å². The third kappa shape index (κ3) is 2.87. The largest absolute Gasteiger partial charge is 0.478 e. The molecule has 3 N–H and O–H groups in total. The quantitative estimate of drug-likeness (QED) is 0.776. The zero-order valence-electron chi connectivity index (χ0n) is 14.5. The van der Waals surface area contributed by atoms with Gasteiger partial charge in [0.15, 0.2) is 0 Å². The summed E-state index contributed by atoms with van der Waals surface area (Å²) in [6.45, 7) is 2.01. The summed E-state index contributed by atoms with van der Waals surface area (Å²) in [7, 11) is 0. The van der Waals surface area contributed by atoms with E-state index in [1.165, 1.54) is 6.42 Å². The minimum absolute atomic E-state index is 0.0530. The molecule has 0 aromatic heterocycles. The van der Waals surface area contributed by atoms with E-state index < -0.39 is 11.6 Å². The zero-order chi connectivity index (χ0) is 18.3. The number of amides is 1. The Bertz CT molecular complexity index is 867. The van der Waals surface area contributed by atoms with Crippen LogP contribution in [0.2, 0.25) is 0 Å². The lowest BCUT2D eigenvalue weighted by molar-refractivity contribution is -0.118. The van der Waals surface area contributed by atoms with E-state index in [2.05, 4.69) is 10.6 Å². The van der Waals surface area contributed by atoms with E-state index in [4.69, 9.17) is 0 Å². The number of carbonyl (C=O) groups excluding carboxylic acids is 1. The van der Waals surface area contributed by atoms with Crippen LogP contribution in [0, 0.1) is 0 Å². The van der Waals surface area contributed by atoms with E-state index in [-0.39, 0.29) is 11.5 Å². The predicted octanol–water partition coefficient (Wildman–Crippen LogP) is 2.43. The van der Waals surface area contributed by atoms with Crippen molar-refractivity contribution in [2.24, 2.45) is 0 Å². The van der Waals surface area contributed by atoms with Gasteiger partial charge in [0.25, 0.3) is 5.91 Å². The van der Waals surface area contributed by atoms with E-state index in [0.29, 0.717) is 11.6 Å². The topological polar surface area (TPSA) is 81.7 Å². The molecular formula is C20H21N3O3. The Morgan fingerprint density at radius 3 is 2.81 bits per heavy atom. The van der Waals surface area contributed by atoms with Crippen LogP contribution in [0.15, 0.2) is 54.4 Å². The van der Waals surface area contributed by atoms with Gasteiger partial charge in [-0.2, -0.15) is 0 Å². The van der Waals surface area contributed by atoms with Crippen LogP contribution in [0.5, 0.6) is 0 Å². The summed E-state index contributed by atoms with van der Waals surface area (Å²) in [5, 5.41) is 15.6. The normalized spacial score (nSPS) is 24.1. The second-order valence-corrected chi connectivity index (χ2v) is 7.13. The number of carbonyl (C=O) groups is 2. The average Bonchev–Trinajstić information content (AvgIpc) is 2.94. The second-order valence-electron chi connectivity index (χ2n) is 7.13. The number of nitrogens with zero attached hydrogens (tertiary/aromatic N) is 1. The van der Waals surface area contributed by atoms with Crippen molar-refractivity contribution in [3.05, 3.63) is 65.5 Å². The van der Waals surface area contributed by atoms with Gasteiger partial charge in [0, 0.05) is 24.0 Å². The Balaban J connectivity index is 1.57. The van der Waals surface area contributed by atoms with Crippen LogP contribution in [0.3, 0.4) is 0 Å². The molecule has 1 aliphatic carbocycles. The number of hydrogen-bond acceptors (Lipinski definition) is 4. The number of aromatic carboxylic acids is 1. The van der Waals surface area contributed by atoms with Gasteiger partial charge in [-0.05, 0) is 50.5 Å². The van der Waals surface area contributed by atoms with Crippen molar-refractivity contribution in [2.45, 2.75) is 37.9 Å². The van der Waals surface area contributed by atoms with E-state index in [0.717, 1.165) is 24.1 Å². The molecular weight excluding hydrogens is 330 g/mol. The highest BCUT2D eigenvalue weighted by Gasteiger charge is 2.36. The fourth-order valence-electron chi connectivity index (χ4n) is 3.31. The number of fused-ring (bicyclic) bond motifs is 1. The molecule has 0 radical (unpaired) electrons. The van der Waals surface area contributed by atoms with E-state index in [9.17, 15) is 14.7 Å². The smallest absolute Gasteiger partial charge is 0.335 e. The van der Waals surface area contributed by atoms with Crippen molar-refractivity contribution < 1.29 is 14.7 Å². The molecule has 0 spiro atoms. The Morgan fingerprint density at radius 1 is 1.31 bits per heavy atom. The Morgan fingerprint density at radius 2 is 2.12 bits per heavy atom. The van der Waals surface area contributed by atoms with Gasteiger partial charge in [-0.15, -0.1) is 0 Å². The standard InChI is InChI=1S/C20H21N3O3/c1-20-9-8-15(18(24)21-16-6-3-7-16)11-23(20)12-17(22-20)13-4-2-5-14(10-13)19(25)26/h2,4-5,8-12,16,22H,3,6-7H2,1H3,(H,21,24)(H,25,26). The minimum atomic E-state index is -0.955. The van der Waals surface area contributed by atoms with Crippen molar-refractivity contribution in [1.29, 1.82) is 0 Å². The van der Waals surface area contributed by atoms with Gasteiger partial charge in [0.1, 0.15) is 5.66 Å². The third-order valence-corrected chi connectivity index (χ3v) is 5.18. The summed E-state index contributed by atoms with van der Waals surface area (Å²) in [4.78, 5) is 25.6. The monoisotopic (exact) mass is 351 g/mol. The minimum Gasteiger partial charge on any atom is -0.478 e. The summed E-state index contributed by atoms with van der Waals surface area (Å²) in [5.41, 5.74) is 1.99. The molecule has 0 bridgehead atoms. The van der Waals surface area contributed by atoms with Crippen molar-refractivity contribution in [3.8, 4) is 0 Å². The Labute approximate surface area is 151 Å². The SMILES string of the molecule is CC12C=CC(C(=O)NC3CCC3)=CN1C=C(c1cccc(C(=O)O)c1)N2. The number of nitrogens with one attached hydrogen (secondary N) is 2. The number of carboxylic acids is 1. The summed E-state index contributed by atoms with van der Waals surface area (Å²) in [6, 6.07) is 7.10. The first kappa shape index (κ1) is 16.4. The van der Waals surface area contributed by atoms with Crippen molar-refractivity contribution in [3.63, 3.8) is 0 Å². The van der Waals surface area contributed by atoms with Gasteiger partial charge >= 0.3 is 5.97 Å². The second kappa shape index (κ2) is 6.05. The molecule has 3 aliphatic rings. The van der Waals surface area contributed by atoms with E-state index in [1.807, 2.05) is 42.4 Å². The molecule has 6 nitrogen and oxygen atoms in total. The number of carboxylic acid groups (broad SMARTS) is 1. The zero-order valence-corrected chi connectivity index (χ0v) is 14.5. The van der Waals surface area contributed by atoms with Gasteiger partial charge in [-0.25, -0.2) is 4.79 Å². The highest BCUT2D eigenvalue weighted by atomic mass is 16.4. The Hall–Kier alpha value is -3.02. The molecule has 1 atom stereocenters. The van der Waals surface area contributed by atoms with Crippen LogP contribution in [-0.4, -0.2) is 33.6 Å². The van der Waals surface area contributed by atoms with E-state index in [1.54, 1.807) is 18.2 Å². The van der Waals surface area contributed by atoms with Crippen molar-refractivity contribution in [1.82, 2.24) is 15.5 Å². The molecule has 6 heteroatoms. The molecule has 134 valence electrons. The Kier molecular flexibility index (Phi) is 3.83. The molecule has 1 fully saturated rings. The highest BCUT2D eigenvalue weighted by molar-refractivity contribution is 5.97. The molecule has 1 saturated carbocycles. The maximum atomic E-state index is 12.4. The first-order valence-electron chi connectivity index (χ1n) is 8.79. The van der Waals surface area contributed by atoms with Crippen LogP contribution in [-0.2, 0) is 4.79 Å². The number of rotatable bonds is 4. The molecule has 1 aromatic rings. The summed E-state index contributed by atoms with van der Waals surface area (Å²) >= 11 is 0. The number of benzene rings is 1. The maximum Gasteiger partial charge on any atom is 0.335 e. The average molecular weight is 351 g/mol. The summed E-state index contributed by atoms with van der Waals surface area (Å²) in [6.07, 6.45) is 10.8. The third-order valence-electron chi connectivity index (χ3n) is 5.18. The van der Waals surface area contributed by atoms with Crippen molar-refractivity contribution >= 4 is 17.6 Å². The molecule has 0 saturated heterocycles. The van der Waals surface area contributed by atoms with Gasteiger partial charge in [0.05, 0.1) is 16.8 Å². The molecule has 1 aromatic carbocycles. The summed E-state index contributed by atoms with van der Waals surface area (Å²) in [5.74, 6) is -1.01. The van der Waals surface area contributed by atoms with Gasteiger partial charge < -0.3 is 20.6 Å². The van der Waals surface area contributed by atoms with Gasteiger partial charge in [0.2, 0.25) is 0 Å². The fraction of sp³-hybridized carbons (Fsp3) is 0.300. The maximum absolute atomic E-state index is 12.4. The van der Waals surface area contributed by atoms with Crippen LogP contribution in [0.4, 0.5) is 0 Å². The number of hydrogen-bond donors (Lipinski definition) is 3. The molecule has 26 heavy (non-hydrogen) atoms. The van der Waals surface area contributed by atoms with Crippen molar-refractivity contribution in [2.75, 3.05) is 0 Å². The molecule has 2 heterocycles. The van der Waals surface area contributed by atoms with Gasteiger partial charge in [-0.3, -0.25) is 4.79 Å². The molecule has 1 amide bonds. The van der Waals surface area contributed by atoms with Crippen LogP contribution >= 0.6 is 0 Å². The lowest BCUT2D eigenvalue weighted by Gasteiger charge is -2.35. The molecule has 1 unspecified atom stereocenters. The van der Waals surface area contributed by atoms with Crippen LogP contribution < -0.4 is 10.6 Å². The van der Waals surface area contributed by atoms with Gasteiger partial charge in [-0.1, -0.05) is 12.1 Å². The fourth-order valence-corrected chi connectivity index (χ4v) is 3.31. The molecule has 2 aliphatic heterocycles.